The van der Waals surface area contributed by atoms with Gasteiger partial charge in [-0.1, -0.05) is 24.3 Å². The SMILES string of the molecule is CNCc1ccccc1-c1ccc(C(C)Nc2nnc(C)c3ccc(O[C@H]4CCOC4)cc23)s1. The molecule has 1 aliphatic rings. The van der Waals surface area contributed by atoms with E-state index < -0.39 is 0 Å². The minimum absolute atomic E-state index is 0.0863. The number of benzene rings is 2. The Kier molecular flexibility index (Phi) is 6.76. The zero-order valence-electron chi connectivity index (χ0n) is 19.8. The fraction of sp³-hybridized carbons (Fsp3) is 0.333. The average molecular weight is 475 g/mol. The van der Waals surface area contributed by atoms with Crippen molar-refractivity contribution in [2.45, 2.75) is 39.0 Å². The fourth-order valence-corrected chi connectivity index (χ4v) is 5.43. The van der Waals surface area contributed by atoms with Gasteiger partial charge in [0.1, 0.15) is 11.9 Å². The Bertz CT molecular complexity index is 1280. The molecule has 176 valence electrons. The third-order valence-corrected chi connectivity index (χ3v) is 7.48. The molecule has 4 aromatic rings. The Balaban J connectivity index is 1.40. The van der Waals surface area contributed by atoms with Gasteiger partial charge < -0.3 is 20.1 Å². The second-order valence-electron chi connectivity index (χ2n) is 8.70. The van der Waals surface area contributed by atoms with Crippen LogP contribution in [-0.4, -0.2) is 36.6 Å². The van der Waals surface area contributed by atoms with Gasteiger partial charge in [-0.2, -0.15) is 5.10 Å². The molecule has 1 unspecified atom stereocenters. The molecule has 6 nitrogen and oxygen atoms in total. The summed E-state index contributed by atoms with van der Waals surface area (Å²) in [5.41, 5.74) is 3.48. The first-order chi connectivity index (χ1) is 16.6. The average Bonchev–Trinajstić information content (AvgIpc) is 3.54. The number of thiophene rings is 1. The Morgan fingerprint density at radius 3 is 2.82 bits per heavy atom. The van der Waals surface area contributed by atoms with Crippen molar-refractivity contribution in [1.29, 1.82) is 0 Å². The van der Waals surface area contributed by atoms with Gasteiger partial charge >= 0.3 is 0 Å². The van der Waals surface area contributed by atoms with E-state index in [1.807, 2.05) is 31.4 Å². The minimum Gasteiger partial charge on any atom is -0.488 e. The Hall–Kier alpha value is -3.00. The molecule has 0 spiro atoms. The smallest absolute Gasteiger partial charge is 0.157 e. The van der Waals surface area contributed by atoms with Crippen LogP contribution in [0.3, 0.4) is 0 Å². The van der Waals surface area contributed by atoms with Crippen LogP contribution >= 0.6 is 11.3 Å². The van der Waals surface area contributed by atoms with Crippen molar-refractivity contribution in [3.8, 4) is 16.2 Å². The highest BCUT2D eigenvalue weighted by molar-refractivity contribution is 7.15. The highest BCUT2D eigenvalue weighted by atomic mass is 32.1. The molecule has 2 N–H and O–H groups in total. The second-order valence-corrected chi connectivity index (χ2v) is 9.82. The van der Waals surface area contributed by atoms with Gasteiger partial charge in [0.2, 0.25) is 0 Å². The van der Waals surface area contributed by atoms with Crippen LogP contribution in [0.2, 0.25) is 0 Å². The van der Waals surface area contributed by atoms with Crippen LogP contribution in [0.5, 0.6) is 5.75 Å². The van der Waals surface area contributed by atoms with Crippen LogP contribution in [0.1, 0.15) is 35.5 Å². The third-order valence-electron chi connectivity index (χ3n) is 6.18. The number of hydrogen-bond acceptors (Lipinski definition) is 7. The van der Waals surface area contributed by atoms with Gasteiger partial charge in [0, 0.05) is 33.5 Å². The molecule has 3 heterocycles. The van der Waals surface area contributed by atoms with E-state index in [-0.39, 0.29) is 12.1 Å². The molecular formula is C27H30N4O2S. The van der Waals surface area contributed by atoms with Crippen LogP contribution < -0.4 is 15.4 Å². The van der Waals surface area contributed by atoms with E-state index in [9.17, 15) is 0 Å². The lowest BCUT2D eigenvalue weighted by Crippen LogP contribution is -2.15. The topological polar surface area (TPSA) is 68.3 Å². The lowest BCUT2D eigenvalue weighted by atomic mass is 10.1. The monoisotopic (exact) mass is 474 g/mol. The van der Waals surface area contributed by atoms with Gasteiger partial charge in [-0.15, -0.1) is 16.4 Å². The summed E-state index contributed by atoms with van der Waals surface area (Å²) in [5.74, 6) is 1.61. The highest BCUT2D eigenvalue weighted by Crippen LogP contribution is 2.36. The molecule has 2 atom stereocenters. The number of rotatable bonds is 8. The molecule has 0 amide bonds. The van der Waals surface area contributed by atoms with E-state index in [1.165, 1.54) is 20.9 Å². The van der Waals surface area contributed by atoms with Gasteiger partial charge in [-0.25, -0.2) is 0 Å². The lowest BCUT2D eigenvalue weighted by Gasteiger charge is -2.17. The van der Waals surface area contributed by atoms with Crippen LogP contribution in [-0.2, 0) is 11.3 Å². The minimum atomic E-state index is 0.0863. The van der Waals surface area contributed by atoms with Crippen molar-refractivity contribution in [1.82, 2.24) is 15.5 Å². The zero-order chi connectivity index (χ0) is 23.5. The predicted molar refractivity (Wildman–Crippen MR) is 139 cm³/mol. The van der Waals surface area contributed by atoms with E-state index in [2.05, 4.69) is 76.3 Å². The normalized spacial score (nSPS) is 16.6. The highest BCUT2D eigenvalue weighted by Gasteiger charge is 2.19. The van der Waals surface area contributed by atoms with E-state index in [0.717, 1.165) is 47.6 Å². The van der Waals surface area contributed by atoms with Crippen molar-refractivity contribution < 1.29 is 9.47 Å². The summed E-state index contributed by atoms with van der Waals surface area (Å²) in [6.07, 6.45) is 1.03. The molecular weight excluding hydrogens is 444 g/mol. The number of fused-ring (bicyclic) bond motifs is 1. The van der Waals surface area contributed by atoms with Gasteiger partial charge in [0.25, 0.3) is 0 Å². The molecule has 0 radical (unpaired) electrons. The summed E-state index contributed by atoms with van der Waals surface area (Å²) in [7, 11) is 1.98. The third kappa shape index (κ3) is 4.78. The first-order valence-electron chi connectivity index (χ1n) is 11.7. The molecule has 0 bridgehead atoms. The maximum absolute atomic E-state index is 6.15. The number of hydrogen-bond donors (Lipinski definition) is 2. The number of aryl methyl sites for hydroxylation is 1. The first-order valence-corrected chi connectivity index (χ1v) is 12.5. The predicted octanol–water partition coefficient (Wildman–Crippen LogP) is 5.73. The van der Waals surface area contributed by atoms with E-state index in [0.29, 0.717) is 6.61 Å². The Morgan fingerprint density at radius 2 is 2.00 bits per heavy atom. The van der Waals surface area contributed by atoms with Crippen molar-refractivity contribution in [3.05, 3.63) is 70.7 Å². The van der Waals surface area contributed by atoms with Gasteiger partial charge in [0.15, 0.2) is 5.82 Å². The second kappa shape index (κ2) is 10.1. The number of aromatic nitrogens is 2. The van der Waals surface area contributed by atoms with Crippen LogP contribution in [0, 0.1) is 6.92 Å². The number of nitrogens with one attached hydrogen (secondary N) is 2. The molecule has 1 aliphatic heterocycles. The molecule has 2 aromatic carbocycles. The standard InChI is InChI=1S/C27H30N4O2S/c1-17-22-9-8-20(33-21-12-13-32-16-21)14-24(22)27(31-30-17)29-18(2)25-10-11-26(34-25)23-7-5-4-6-19(23)15-28-3/h4-11,14,18,21,28H,12-13,15-16H2,1-3H3,(H,29,31)/t18?,21-/m0/s1. The number of anilines is 1. The summed E-state index contributed by atoms with van der Waals surface area (Å²) in [4.78, 5) is 2.52. The Labute approximate surface area is 204 Å². The van der Waals surface area contributed by atoms with Crippen LogP contribution in [0.15, 0.2) is 54.6 Å². The van der Waals surface area contributed by atoms with Crippen LogP contribution in [0.4, 0.5) is 5.82 Å². The summed E-state index contributed by atoms with van der Waals surface area (Å²) in [5, 5.41) is 17.9. The molecule has 1 saturated heterocycles. The first kappa shape index (κ1) is 22.8. The van der Waals surface area contributed by atoms with Crippen molar-refractivity contribution >= 4 is 27.9 Å². The largest absolute Gasteiger partial charge is 0.488 e. The lowest BCUT2D eigenvalue weighted by molar-refractivity contribution is 0.141. The maximum Gasteiger partial charge on any atom is 0.157 e. The molecule has 2 aromatic heterocycles. The van der Waals surface area contributed by atoms with E-state index in [1.54, 1.807) is 0 Å². The van der Waals surface area contributed by atoms with Crippen molar-refractivity contribution in [2.75, 3.05) is 25.6 Å². The fourth-order valence-electron chi connectivity index (χ4n) is 4.36. The summed E-state index contributed by atoms with van der Waals surface area (Å²) in [6, 6.07) is 19.2. The van der Waals surface area contributed by atoms with Crippen molar-refractivity contribution in [2.24, 2.45) is 0 Å². The quantitative estimate of drug-likeness (QED) is 0.340. The molecule has 1 fully saturated rings. The van der Waals surface area contributed by atoms with E-state index >= 15 is 0 Å². The summed E-state index contributed by atoms with van der Waals surface area (Å²) < 4.78 is 11.6. The van der Waals surface area contributed by atoms with E-state index in [4.69, 9.17) is 9.47 Å². The van der Waals surface area contributed by atoms with Crippen molar-refractivity contribution in [3.63, 3.8) is 0 Å². The van der Waals surface area contributed by atoms with Gasteiger partial charge in [0.05, 0.1) is 24.9 Å². The molecule has 0 aliphatic carbocycles. The molecule has 0 saturated carbocycles. The summed E-state index contributed by atoms with van der Waals surface area (Å²) in [6.45, 7) is 6.40. The van der Waals surface area contributed by atoms with Crippen LogP contribution in [0.25, 0.3) is 21.2 Å². The number of ether oxygens (including phenoxy) is 2. The zero-order valence-corrected chi connectivity index (χ0v) is 20.6. The maximum atomic E-state index is 6.15. The Morgan fingerprint density at radius 1 is 1.12 bits per heavy atom. The van der Waals surface area contributed by atoms with Gasteiger partial charge in [-0.3, -0.25) is 0 Å². The molecule has 7 heteroatoms. The molecule has 34 heavy (non-hydrogen) atoms. The van der Waals surface area contributed by atoms with Gasteiger partial charge in [-0.05, 0) is 62.4 Å². The molecule has 5 rings (SSSR count). The number of nitrogens with zero attached hydrogens (tertiary/aromatic N) is 2. The summed E-state index contributed by atoms with van der Waals surface area (Å²) >= 11 is 1.81.